The topological polar surface area (TPSA) is 75.7 Å². The number of carbonyl (C=O) groups excluding carboxylic acids is 3. The molecule has 6 nitrogen and oxygen atoms in total. The van der Waals surface area contributed by atoms with E-state index in [4.69, 9.17) is 4.74 Å². The fraction of sp³-hybridized carbons (Fsp3) is 0.471. The van der Waals surface area contributed by atoms with E-state index in [0.29, 0.717) is 5.69 Å². The van der Waals surface area contributed by atoms with Crippen molar-refractivity contribution in [2.45, 2.75) is 45.3 Å². The Labute approximate surface area is 135 Å². The third-order valence-corrected chi connectivity index (χ3v) is 3.40. The molecule has 1 atom stereocenters. The van der Waals surface area contributed by atoms with E-state index < -0.39 is 17.7 Å². The van der Waals surface area contributed by atoms with E-state index >= 15 is 0 Å². The van der Waals surface area contributed by atoms with Gasteiger partial charge in [-0.05, 0) is 32.9 Å². The summed E-state index contributed by atoms with van der Waals surface area (Å²) in [5, 5.41) is 2.74. The number of para-hydroxylation sites is 1. The Kier molecular flexibility index (Phi) is 5.03. The van der Waals surface area contributed by atoms with Crippen LogP contribution in [0.25, 0.3) is 0 Å². The van der Waals surface area contributed by atoms with E-state index in [-0.39, 0.29) is 31.1 Å². The van der Waals surface area contributed by atoms with Gasteiger partial charge in [-0.3, -0.25) is 14.5 Å². The summed E-state index contributed by atoms with van der Waals surface area (Å²) in [7, 11) is 0. The maximum atomic E-state index is 12.5. The molecule has 1 fully saturated rings. The number of benzene rings is 1. The molecule has 1 N–H and O–H groups in total. The van der Waals surface area contributed by atoms with E-state index in [2.05, 4.69) is 5.32 Å². The Morgan fingerprint density at radius 1 is 1.22 bits per heavy atom. The van der Waals surface area contributed by atoms with Gasteiger partial charge in [0, 0.05) is 25.1 Å². The van der Waals surface area contributed by atoms with Crippen LogP contribution in [0.5, 0.6) is 0 Å². The van der Waals surface area contributed by atoms with E-state index in [9.17, 15) is 14.4 Å². The fourth-order valence-corrected chi connectivity index (χ4v) is 2.35. The molecule has 1 aromatic carbocycles. The third-order valence-electron chi connectivity index (χ3n) is 3.40. The summed E-state index contributed by atoms with van der Waals surface area (Å²) >= 11 is 0. The minimum Gasteiger partial charge on any atom is -0.444 e. The number of anilines is 1. The lowest BCUT2D eigenvalue weighted by Gasteiger charge is -2.35. The van der Waals surface area contributed by atoms with Crippen LogP contribution in [0.3, 0.4) is 0 Å². The van der Waals surface area contributed by atoms with Crippen LogP contribution in [0.2, 0.25) is 0 Å². The summed E-state index contributed by atoms with van der Waals surface area (Å²) in [6.45, 7) is 5.48. The summed E-state index contributed by atoms with van der Waals surface area (Å²) in [5.41, 5.74) is -0.0291. The number of nitrogens with one attached hydrogen (secondary N) is 1. The predicted molar refractivity (Wildman–Crippen MR) is 86.0 cm³/mol. The van der Waals surface area contributed by atoms with Crippen molar-refractivity contribution in [3.63, 3.8) is 0 Å². The monoisotopic (exact) mass is 318 g/mol. The molecule has 1 unspecified atom stereocenters. The van der Waals surface area contributed by atoms with Gasteiger partial charge in [0.15, 0.2) is 0 Å². The standard InChI is InChI=1S/C17H22N2O4/c1-17(2,3)23-16(22)19-10-9-13(20)11-14(19)15(21)18-12-7-5-4-6-8-12/h4-8,14H,9-11H2,1-3H3,(H,18,21). The minimum atomic E-state index is -0.841. The lowest BCUT2D eigenvalue weighted by Crippen LogP contribution is -2.53. The van der Waals surface area contributed by atoms with Crippen LogP contribution >= 0.6 is 0 Å². The largest absolute Gasteiger partial charge is 0.444 e. The molecule has 0 bridgehead atoms. The van der Waals surface area contributed by atoms with Gasteiger partial charge in [0.25, 0.3) is 0 Å². The smallest absolute Gasteiger partial charge is 0.410 e. The van der Waals surface area contributed by atoms with Crippen LogP contribution in [-0.4, -0.2) is 40.9 Å². The number of Topliss-reactive ketones (excluding diaryl/α,β-unsaturated/α-hetero) is 1. The zero-order chi connectivity index (χ0) is 17.0. The normalized spacial score (nSPS) is 18.5. The maximum Gasteiger partial charge on any atom is 0.410 e. The molecule has 1 aromatic rings. The first-order valence-electron chi connectivity index (χ1n) is 7.63. The maximum absolute atomic E-state index is 12.5. The van der Waals surface area contributed by atoms with E-state index in [1.54, 1.807) is 45.0 Å². The molecule has 1 aliphatic heterocycles. The number of hydrogen-bond donors (Lipinski definition) is 1. The first kappa shape index (κ1) is 17.0. The summed E-state index contributed by atoms with van der Waals surface area (Å²) in [4.78, 5) is 37.8. The first-order chi connectivity index (χ1) is 10.8. The van der Waals surface area contributed by atoms with Gasteiger partial charge in [-0.15, -0.1) is 0 Å². The summed E-state index contributed by atoms with van der Waals surface area (Å²) in [6.07, 6.45) is -0.315. The number of amides is 2. The highest BCUT2D eigenvalue weighted by atomic mass is 16.6. The molecule has 6 heteroatoms. The van der Waals surface area contributed by atoms with E-state index in [1.807, 2.05) is 6.07 Å². The quantitative estimate of drug-likeness (QED) is 0.909. The SMILES string of the molecule is CC(C)(C)OC(=O)N1CCC(=O)CC1C(=O)Nc1ccccc1. The first-order valence-corrected chi connectivity index (χ1v) is 7.63. The highest BCUT2D eigenvalue weighted by molar-refractivity contribution is 6.00. The van der Waals surface area contributed by atoms with Gasteiger partial charge in [0.2, 0.25) is 5.91 Å². The second kappa shape index (κ2) is 6.81. The van der Waals surface area contributed by atoms with Crippen LogP contribution in [0.4, 0.5) is 10.5 Å². The molecule has 1 aliphatic rings. The zero-order valence-corrected chi connectivity index (χ0v) is 13.7. The Hall–Kier alpha value is -2.37. The van der Waals surface area contributed by atoms with Gasteiger partial charge in [0.1, 0.15) is 17.4 Å². The average Bonchev–Trinajstić information content (AvgIpc) is 2.46. The molecule has 0 aromatic heterocycles. The van der Waals surface area contributed by atoms with Crippen molar-refractivity contribution in [2.24, 2.45) is 0 Å². The number of likely N-dealkylation sites (tertiary alicyclic amines) is 1. The molecule has 1 saturated heterocycles. The van der Waals surface area contributed by atoms with Gasteiger partial charge in [0.05, 0.1) is 0 Å². The van der Waals surface area contributed by atoms with Crippen molar-refractivity contribution in [3.05, 3.63) is 30.3 Å². The summed E-state index contributed by atoms with van der Waals surface area (Å²) in [5.74, 6) is -0.409. The highest BCUT2D eigenvalue weighted by Gasteiger charge is 2.37. The summed E-state index contributed by atoms with van der Waals surface area (Å²) < 4.78 is 5.34. The number of ketones is 1. The number of rotatable bonds is 2. The van der Waals surface area contributed by atoms with Crippen LogP contribution in [0, 0.1) is 0 Å². The van der Waals surface area contributed by atoms with Crippen molar-refractivity contribution in [1.29, 1.82) is 0 Å². The fourth-order valence-electron chi connectivity index (χ4n) is 2.35. The van der Waals surface area contributed by atoms with E-state index in [0.717, 1.165) is 0 Å². The van der Waals surface area contributed by atoms with Gasteiger partial charge in [-0.2, -0.15) is 0 Å². The molecule has 23 heavy (non-hydrogen) atoms. The third kappa shape index (κ3) is 4.81. The molecule has 2 amide bonds. The van der Waals surface area contributed by atoms with Crippen LogP contribution < -0.4 is 5.32 Å². The Morgan fingerprint density at radius 2 is 1.87 bits per heavy atom. The number of hydrogen-bond acceptors (Lipinski definition) is 4. The number of piperidine rings is 1. The van der Waals surface area contributed by atoms with Gasteiger partial charge in [-0.25, -0.2) is 4.79 Å². The van der Waals surface area contributed by atoms with Crippen molar-refractivity contribution in [3.8, 4) is 0 Å². The number of nitrogens with zero attached hydrogens (tertiary/aromatic N) is 1. The van der Waals surface area contributed by atoms with Crippen molar-refractivity contribution >= 4 is 23.5 Å². The molecule has 0 spiro atoms. The molecule has 0 saturated carbocycles. The molecular weight excluding hydrogens is 296 g/mol. The van der Waals surface area contributed by atoms with Gasteiger partial charge < -0.3 is 10.1 Å². The molecule has 0 radical (unpaired) electrons. The highest BCUT2D eigenvalue weighted by Crippen LogP contribution is 2.20. The predicted octanol–water partition coefficient (Wildman–Crippen LogP) is 2.59. The van der Waals surface area contributed by atoms with Crippen molar-refractivity contribution in [1.82, 2.24) is 4.90 Å². The van der Waals surface area contributed by atoms with Crippen LogP contribution in [0.15, 0.2) is 30.3 Å². The molecule has 2 rings (SSSR count). The second-order valence-electron chi connectivity index (χ2n) is 6.54. The number of ether oxygens (including phenoxy) is 1. The Bertz CT molecular complexity index is 592. The Balaban J connectivity index is 2.12. The van der Waals surface area contributed by atoms with Crippen molar-refractivity contribution in [2.75, 3.05) is 11.9 Å². The van der Waals surface area contributed by atoms with Crippen molar-refractivity contribution < 1.29 is 19.1 Å². The Morgan fingerprint density at radius 3 is 2.48 bits per heavy atom. The average molecular weight is 318 g/mol. The lowest BCUT2D eigenvalue weighted by molar-refractivity contribution is -0.130. The zero-order valence-electron chi connectivity index (χ0n) is 13.7. The van der Waals surface area contributed by atoms with Gasteiger partial charge >= 0.3 is 6.09 Å². The van der Waals surface area contributed by atoms with Crippen LogP contribution in [0.1, 0.15) is 33.6 Å². The van der Waals surface area contributed by atoms with Crippen LogP contribution in [-0.2, 0) is 14.3 Å². The molecule has 124 valence electrons. The number of carbonyl (C=O) groups is 3. The molecule has 1 heterocycles. The van der Waals surface area contributed by atoms with E-state index in [1.165, 1.54) is 4.90 Å². The van der Waals surface area contributed by atoms with Gasteiger partial charge in [-0.1, -0.05) is 18.2 Å². The minimum absolute atomic E-state index is 0.0118. The molecule has 0 aliphatic carbocycles. The lowest BCUT2D eigenvalue weighted by atomic mass is 10.0. The summed E-state index contributed by atoms with van der Waals surface area (Å²) in [6, 6.07) is 8.10. The second-order valence-corrected chi connectivity index (χ2v) is 6.54. The molecular formula is C17H22N2O4.